The molecule has 132 valence electrons. The second kappa shape index (κ2) is 7.70. The zero-order chi connectivity index (χ0) is 19.0. The predicted molar refractivity (Wildman–Crippen MR) is 99.1 cm³/mol. The van der Waals surface area contributed by atoms with Crippen LogP contribution in [0.25, 0.3) is 0 Å². The summed E-state index contributed by atoms with van der Waals surface area (Å²) >= 11 is 35.7. The summed E-state index contributed by atoms with van der Waals surface area (Å²) in [5, 5.41) is 21.6. The first kappa shape index (κ1) is 20.3. The standard InChI is InChI=1S/C13H4Cl6N2O4/c14-6-2-8(16)12(20(22)23)4(10(6)18)1-5-11(19)7(15)3-9(17)13(5)21(24)25/h2-3H,1H2. The Balaban J connectivity index is 2.82. The number of nitro benzene ring substituents is 2. The smallest absolute Gasteiger partial charge is 0.258 e. The van der Waals surface area contributed by atoms with Crippen LogP contribution < -0.4 is 0 Å². The number of benzene rings is 2. The van der Waals surface area contributed by atoms with Gasteiger partial charge in [-0.3, -0.25) is 20.2 Å². The molecule has 12 heteroatoms. The molecule has 6 nitrogen and oxygen atoms in total. The molecule has 0 saturated heterocycles. The van der Waals surface area contributed by atoms with Crippen molar-refractivity contribution in [3.8, 4) is 0 Å². The SMILES string of the molecule is O=[N+]([O-])c1c(Cl)cc(Cl)c(Cl)c1Cc1c(Cl)c(Cl)cc(Cl)c1[N+](=O)[O-]. The van der Waals surface area contributed by atoms with Gasteiger partial charge in [-0.2, -0.15) is 0 Å². The maximum absolute atomic E-state index is 11.3. The first-order valence-corrected chi connectivity index (χ1v) is 8.44. The molecule has 0 N–H and O–H groups in total. The van der Waals surface area contributed by atoms with Gasteiger partial charge in [-0.1, -0.05) is 69.6 Å². The fraction of sp³-hybridized carbons (Fsp3) is 0.0769. The molecule has 0 saturated carbocycles. The summed E-state index contributed by atoms with van der Waals surface area (Å²) in [6.45, 7) is 0. The van der Waals surface area contributed by atoms with Crippen molar-refractivity contribution in [3.05, 3.63) is 73.6 Å². The highest BCUT2D eigenvalue weighted by Crippen LogP contribution is 2.45. The molecule has 0 aliphatic heterocycles. The lowest BCUT2D eigenvalue weighted by Gasteiger charge is -2.12. The van der Waals surface area contributed by atoms with E-state index in [0.717, 1.165) is 12.1 Å². The third-order valence-electron chi connectivity index (χ3n) is 3.20. The van der Waals surface area contributed by atoms with E-state index in [0.29, 0.717) is 0 Å². The van der Waals surface area contributed by atoms with Crippen LogP contribution in [0.4, 0.5) is 11.4 Å². The number of hydrogen-bond acceptors (Lipinski definition) is 4. The highest BCUT2D eigenvalue weighted by Gasteiger charge is 2.30. The van der Waals surface area contributed by atoms with Crippen LogP contribution in [0.5, 0.6) is 0 Å². The summed E-state index contributed by atoms with van der Waals surface area (Å²) in [5.41, 5.74) is -1.38. The molecule has 0 spiro atoms. The normalized spacial score (nSPS) is 10.8. The van der Waals surface area contributed by atoms with E-state index in [2.05, 4.69) is 0 Å². The van der Waals surface area contributed by atoms with Crippen LogP contribution in [0.15, 0.2) is 12.1 Å². The molecule has 0 bridgehead atoms. The van der Waals surface area contributed by atoms with Gasteiger partial charge in [-0.05, 0) is 12.1 Å². The fourth-order valence-corrected chi connectivity index (χ4v) is 3.73. The molecular weight excluding hydrogens is 461 g/mol. The Bertz CT molecular complexity index is 845. The third-order valence-corrected chi connectivity index (χ3v) is 5.43. The van der Waals surface area contributed by atoms with Crippen molar-refractivity contribution in [1.29, 1.82) is 0 Å². The van der Waals surface area contributed by atoms with Gasteiger partial charge in [0, 0.05) is 6.42 Å². The number of nitrogens with zero attached hydrogens (tertiary/aromatic N) is 2. The predicted octanol–water partition coefficient (Wildman–Crippen LogP) is 7.01. The van der Waals surface area contributed by atoms with Gasteiger partial charge in [-0.25, -0.2) is 0 Å². The second-order valence-corrected chi connectivity index (χ2v) is 7.04. The first-order chi connectivity index (χ1) is 11.6. The van der Waals surface area contributed by atoms with Gasteiger partial charge >= 0.3 is 0 Å². The molecule has 0 fully saturated rings. The highest BCUT2D eigenvalue weighted by atomic mass is 35.5. The topological polar surface area (TPSA) is 86.3 Å². The minimum absolute atomic E-state index is 0.0563. The summed E-state index contributed by atoms with van der Waals surface area (Å²) in [4.78, 5) is 21.1. The van der Waals surface area contributed by atoms with E-state index < -0.39 is 27.6 Å². The summed E-state index contributed by atoms with van der Waals surface area (Å²) in [6, 6.07) is 2.21. The molecule has 0 unspecified atom stereocenters. The molecule has 0 amide bonds. The lowest BCUT2D eigenvalue weighted by Crippen LogP contribution is -2.03. The molecule has 0 atom stereocenters. The van der Waals surface area contributed by atoms with Crippen LogP contribution in [-0.2, 0) is 6.42 Å². The Morgan fingerprint density at radius 2 is 1.00 bits per heavy atom. The molecule has 0 heterocycles. The molecule has 2 aromatic rings. The van der Waals surface area contributed by atoms with Crippen LogP contribution in [0.2, 0.25) is 30.1 Å². The Morgan fingerprint density at radius 1 is 0.680 bits per heavy atom. The van der Waals surface area contributed by atoms with Gasteiger partial charge < -0.3 is 0 Å². The molecule has 2 aromatic carbocycles. The molecule has 0 aromatic heterocycles. The average molecular weight is 465 g/mol. The maximum Gasteiger partial charge on any atom is 0.292 e. The van der Waals surface area contributed by atoms with Gasteiger partial charge in [0.25, 0.3) is 11.4 Å². The zero-order valence-electron chi connectivity index (χ0n) is 11.7. The molecule has 0 aliphatic carbocycles. The Labute approximate surface area is 170 Å². The van der Waals surface area contributed by atoms with Gasteiger partial charge in [0.05, 0.1) is 41.1 Å². The van der Waals surface area contributed by atoms with Crippen LogP contribution in [-0.4, -0.2) is 9.85 Å². The molecular formula is C13H4Cl6N2O4. The second-order valence-electron chi connectivity index (χ2n) is 4.65. The van der Waals surface area contributed by atoms with E-state index in [4.69, 9.17) is 69.6 Å². The van der Waals surface area contributed by atoms with Crippen molar-refractivity contribution in [2.24, 2.45) is 0 Å². The van der Waals surface area contributed by atoms with Gasteiger partial charge in [-0.15, -0.1) is 0 Å². The van der Waals surface area contributed by atoms with Gasteiger partial charge in [0.15, 0.2) is 0 Å². The monoisotopic (exact) mass is 462 g/mol. The van der Waals surface area contributed by atoms with Gasteiger partial charge in [0.2, 0.25) is 0 Å². The van der Waals surface area contributed by atoms with Crippen LogP contribution in [0, 0.1) is 20.2 Å². The molecule has 2 rings (SSSR count). The van der Waals surface area contributed by atoms with Crippen molar-refractivity contribution in [2.45, 2.75) is 6.42 Å². The van der Waals surface area contributed by atoms with Crippen molar-refractivity contribution in [1.82, 2.24) is 0 Å². The number of hydrogen-bond donors (Lipinski definition) is 0. The van der Waals surface area contributed by atoms with Crippen LogP contribution in [0.3, 0.4) is 0 Å². The van der Waals surface area contributed by atoms with Crippen molar-refractivity contribution >= 4 is 81.0 Å². The van der Waals surface area contributed by atoms with Gasteiger partial charge in [0.1, 0.15) is 10.0 Å². The summed E-state index contributed by atoms with van der Waals surface area (Å²) < 4.78 is 0. The van der Waals surface area contributed by atoms with Crippen molar-refractivity contribution in [3.63, 3.8) is 0 Å². The minimum Gasteiger partial charge on any atom is -0.258 e. The summed E-state index contributed by atoms with van der Waals surface area (Å²) in [6.07, 6.45) is -0.426. The minimum atomic E-state index is -0.772. The van der Waals surface area contributed by atoms with E-state index in [1.807, 2.05) is 0 Å². The Kier molecular flexibility index (Phi) is 6.25. The fourth-order valence-electron chi connectivity index (χ4n) is 2.16. The molecule has 25 heavy (non-hydrogen) atoms. The van der Waals surface area contributed by atoms with E-state index in [9.17, 15) is 20.2 Å². The van der Waals surface area contributed by atoms with E-state index >= 15 is 0 Å². The van der Waals surface area contributed by atoms with Crippen LogP contribution in [0.1, 0.15) is 11.1 Å². The number of halogens is 6. The van der Waals surface area contributed by atoms with Crippen molar-refractivity contribution < 1.29 is 9.85 Å². The Morgan fingerprint density at radius 3 is 1.28 bits per heavy atom. The Hall–Kier alpha value is -1.02. The highest BCUT2D eigenvalue weighted by molar-refractivity contribution is 6.45. The quantitative estimate of drug-likeness (QED) is 0.276. The van der Waals surface area contributed by atoms with Crippen LogP contribution >= 0.6 is 69.6 Å². The van der Waals surface area contributed by atoms with E-state index in [-0.39, 0.29) is 41.3 Å². The van der Waals surface area contributed by atoms with E-state index in [1.165, 1.54) is 0 Å². The maximum atomic E-state index is 11.3. The summed E-state index contributed by atoms with van der Waals surface area (Å²) in [7, 11) is 0. The first-order valence-electron chi connectivity index (χ1n) is 6.17. The van der Waals surface area contributed by atoms with Crippen molar-refractivity contribution in [2.75, 3.05) is 0 Å². The largest absolute Gasteiger partial charge is 0.292 e. The number of nitro groups is 2. The lowest BCUT2D eigenvalue weighted by molar-refractivity contribution is -0.386. The zero-order valence-corrected chi connectivity index (χ0v) is 16.2. The number of rotatable bonds is 4. The molecule has 0 radical (unpaired) electrons. The third kappa shape index (κ3) is 3.89. The average Bonchev–Trinajstić information content (AvgIpc) is 2.48. The lowest BCUT2D eigenvalue weighted by atomic mass is 10.0. The molecule has 0 aliphatic rings. The summed E-state index contributed by atoms with van der Waals surface area (Å²) in [5.74, 6) is 0. The van der Waals surface area contributed by atoms with E-state index in [1.54, 1.807) is 0 Å².